The van der Waals surface area contributed by atoms with Crippen LogP contribution >= 0.6 is 0 Å². The monoisotopic (exact) mass is 285 g/mol. The molecule has 110 valence electrons. The molecule has 4 nitrogen and oxygen atoms in total. The highest BCUT2D eigenvalue weighted by Crippen LogP contribution is 2.19. The third kappa shape index (κ3) is 4.15. The number of carbonyl (C=O) groups excluding carboxylic acids is 1. The number of aliphatic hydroxyl groups is 2. The molecule has 0 saturated heterocycles. The Hall–Kier alpha value is -2.17. The molecule has 0 bridgehead atoms. The lowest BCUT2D eigenvalue weighted by atomic mass is 10.0. The minimum absolute atomic E-state index is 0.00275. The van der Waals surface area contributed by atoms with Crippen LogP contribution in [0.1, 0.15) is 17.3 Å². The molecule has 2 rings (SSSR count). The van der Waals surface area contributed by atoms with Gasteiger partial charge in [-0.3, -0.25) is 4.79 Å². The second-order valence-electron chi connectivity index (χ2n) is 5.28. The molecule has 1 amide bonds. The molecule has 21 heavy (non-hydrogen) atoms. The van der Waals surface area contributed by atoms with Crippen molar-refractivity contribution in [2.24, 2.45) is 0 Å². The van der Waals surface area contributed by atoms with Crippen LogP contribution in [0.5, 0.6) is 0 Å². The van der Waals surface area contributed by atoms with Crippen LogP contribution in [0.25, 0.3) is 11.1 Å². The number of benzene rings is 2. The number of aliphatic hydroxyl groups excluding tert-OH is 1. The van der Waals surface area contributed by atoms with Gasteiger partial charge < -0.3 is 15.5 Å². The first-order valence-electron chi connectivity index (χ1n) is 6.79. The lowest BCUT2D eigenvalue weighted by Gasteiger charge is -2.20. The molecule has 0 aliphatic rings. The predicted octanol–water partition coefficient (Wildman–Crippen LogP) is 1.83. The highest BCUT2D eigenvalue weighted by atomic mass is 16.3. The third-order valence-electron chi connectivity index (χ3n) is 3.22. The maximum atomic E-state index is 12.0. The number of nitrogens with one attached hydrogen (secondary N) is 1. The van der Waals surface area contributed by atoms with E-state index in [1.165, 1.54) is 6.92 Å². The van der Waals surface area contributed by atoms with Gasteiger partial charge in [-0.25, -0.2) is 0 Å². The molecule has 4 heteroatoms. The van der Waals surface area contributed by atoms with Crippen molar-refractivity contribution in [1.82, 2.24) is 5.32 Å². The molecule has 3 N–H and O–H groups in total. The summed E-state index contributed by atoms with van der Waals surface area (Å²) in [6.45, 7) is 1.06. The Morgan fingerprint density at radius 1 is 1.05 bits per heavy atom. The van der Waals surface area contributed by atoms with Crippen molar-refractivity contribution >= 4 is 5.91 Å². The van der Waals surface area contributed by atoms with Gasteiger partial charge in [0.1, 0.15) is 5.60 Å². The van der Waals surface area contributed by atoms with Gasteiger partial charge in [0.2, 0.25) is 0 Å². The van der Waals surface area contributed by atoms with Gasteiger partial charge in [-0.1, -0.05) is 42.5 Å². The van der Waals surface area contributed by atoms with Gasteiger partial charge in [0.15, 0.2) is 0 Å². The first-order valence-corrected chi connectivity index (χ1v) is 6.79. The van der Waals surface area contributed by atoms with Crippen molar-refractivity contribution in [2.45, 2.75) is 12.5 Å². The van der Waals surface area contributed by atoms with Crippen molar-refractivity contribution in [1.29, 1.82) is 0 Å². The Kier molecular flexibility index (Phi) is 4.73. The van der Waals surface area contributed by atoms with E-state index in [2.05, 4.69) is 5.32 Å². The molecule has 0 fully saturated rings. The van der Waals surface area contributed by atoms with E-state index in [1.54, 1.807) is 12.1 Å². The molecule has 1 unspecified atom stereocenters. The average molecular weight is 285 g/mol. The molecule has 0 aliphatic heterocycles. The van der Waals surface area contributed by atoms with Crippen molar-refractivity contribution in [3.63, 3.8) is 0 Å². The number of amides is 1. The Morgan fingerprint density at radius 3 is 2.19 bits per heavy atom. The van der Waals surface area contributed by atoms with E-state index in [9.17, 15) is 9.90 Å². The molecule has 2 aromatic carbocycles. The van der Waals surface area contributed by atoms with Crippen LogP contribution < -0.4 is 5.32 Å². The number of rotatable bonds is 5. The molecule has 0 aromatic heterocycles. The number of carbonyl (C=O) groups is 1. The lowest BCUT2D eigenvalue weighted by Crippen LogP contribution is -2.43. The Balaban J connectivity index is 2.04. The number of hydrogen-bond acceptors (Lipinski definition) is 3. The average Bonchev–Trinajstić information content (AvgIpc) is 2.54. The van der Waals surface area contributed by atoms with Crippen molar-refractivity contribution in [3.05, 3.63) is 60.2 Å². The largest absolute Gasteiger partial charge is 0.393 e. The maximum absolute atomic E-state index is 12.0. The second kappa shape index (κ2) is 6.52. The quantitative estimate of drug-likeness (QED) is 0.785. The second-order valence-corrected chi connectivity index (χ2v) is 5.28. The van der Waals surface area contributed by atoms with E-state index < -0.39 is 12.2 Å². The summed E-state index contributed by atoms with van der Waals surface area (Å²) >= 11 is 0. The zero-order valence-corrected chi connectivity index (χ0v) is 11.9. The SMILES string of the molecule is CC(O)(CO)CNC(=O)c1ccc(-c2ccccc2)cc1. The highest BCUT2D eigenvalue weighted by molar-refractivity contribution is 5.94. The Morgan fingerprint density at radius 2 is 1.62 bits per heavy atom. The van der Waals surface area contributed by atoms with E-state index >= 15 is 0 Å². The van der Waals surface area contributed by atoms with Crippen molar-refractivity contribution in [2.75, 3.05) is 13.2 Å². The molecule has 1 atom stereocenters. The van der Waals surface area contributed by atoms with E-state index in [1.807, 2.05) is 42.5 Å². The fourth-order valence-electron chi connectivity index (χ4n) is 1.87. The summed E-state index contributed by atoms with van der Waals surface area (Å²) in [5.74, 6) is -0.275. The predicted molar refractivity (Wildman–Crippen MR) is 81.9 cm³/mol. The van der Waals surface area contributed by atoms with Crippen LogP contribution in [0, 0.1) is 0 Å². The van der Waals surface area contributed by atoms with Crippen LogP contribution in [-0.2, 0) is 0 Å². The fourth-order valence-corrected chi connectivity index (χ4v) is 1.87. The smallest absolute Gasteiger partial charge is 0.251 e. The van der Waals surface area contributed by atoms with E-state index in [0.29, 0.717) is 5.56 Å². The van der Waals surface area contributed by atoms with Gasteiger partial charge >= 0.3 is 0 Å². The molecule has 0 spiro atoms. The third-order valence-corrected chi connectivity index (χ3v) is 3.22. The summed E-state index contributed by atoms with van der Waals surface area (Å²) < 4.78 is 0. The van der Waals surface area contributed by atoms with Gasteiger partial charge in [0.25, 0.3) is 5.91 Å². The molecule has 0 heterocycles. The molecule has 0 aliphatic carbocycles. The summed E-state index contributed by atoms with van der Waals surface area (Å²) in [6, 6.07) is 17.2. The lowest BCUT2D eigenvalue weighted by molar-refractivity contribution is 0.00320. The zero-order valence-electron chi connectivity index (χ0n) is 11.9. The fraction of sp³-hybridized carbons (Fsp3) is 0.235. The van der Waals surface area contributed by atoms with Gasteiger partial charge in [-0.05, 0) is 30.2 Å². The summed E-state index contributed by atoms with van der Waals surface area (Å²) in [5, 5.41) is 21.2. The van der Waals surface area contributed by atoms with Gasteiger partial charge in [-0.2, -0.15) is 0 Å². The maximum Gasteiger partial charge on any atom is 0.251 e. The first-order chi connectivity index (χ1) is 10.0. The summed E-state index contributed by atoms with van der Waals surface area (Å²) in [7, 11) is 0. The Labute approximate surface area is 124 Å². The summed E-state index contributed by atoms with van der Waals surface area (Å²) in [5.41, 5.74) is 1.34. The molecular weight excluding hydrogens is 266 g/mol. The normalized spacial score (nSPS) is 13.5. The van der Waals surface area contributed by atoms with E-state index in [-0.39, 0.29) is 12.5 Å². The molecule has 0 radical (unpaired) electrons. The summed E-state index contributed by atoms with van der Waals surface area (Å²) in [4.78, 5) is 12.0. The van der Waals surface area contributed by atoms with Crippen LogP contribution in [0.4, 0.5) is 0 Å². The minimum atomic E-state index is -1.31. The van der Waals surface area contributed by atoms with Gasteiger partial charge in [0.05, 0.1) is 6.61 Å². The van der Waals surface area contributed by atoms with E-state index in [4.69, 9.17) is 5.11 Å². The van der Waals surface area contributed by atoms with Crippen molar-refractivity contribution < 1.29 is 15.0 Å². The van der Waals surface area contributed by atoms with E-state index in [0.717, 1.165) is 11.1 Å². The highest BCUT2D eigenvalue weighted by Gasteiger charge is 2.20. The van der Waals surface area contributed by atoms with Gasteiger partial charge in [0, 0.05) is 12.1 Å². The topological polar surface area (TPSA) is 69.6 Å². The molecule has 2 aromatic rings. The van der Waals surface area contributed by atoms with Crippen LogP contribution in [0.15, 0.2) is 54.6 Å². The van der Waals surface area contributed by atoms with Crippen LogP contribution in [-0.4, -0.2) is 34.9 Å². The summed E-state index contributed by atoms with van der Waals surface area (Å²) in [6.07, 6.45) is 0. The van der Waals surface area contributed by atoms with Crippen molar-refractivity contribution in [3.8, 4) is 11.1 Å². The minimum Gasteiger partial charge on any atom is -0.393 e. The molecular formula is C17H19NO3. The zero-order chi connectivity index (χ0) is 15.3. The number of hydrogen-bond donors (Lipinski definition) is 3. The Bertz CT molecular complexity index is 591. The molecule has 0 saturated carbocycles. The standard InChI is InChI=1S/C17H19NO3/c1-17(21,12-19)11-18-16(20)15-9-7-14(8-10-15)13-5-3-2-4-6-13/h2-10,19,21H,11-12H2,1H3,(H,18,20). The first kappa shape index (κ1) is 15.2. The van der Waals surface area contributed by atoms with Gasteiger partial charge in [-0.15, -0.1) is 0 Å². The van der Waals surface area contributed by atoms with Crippen LogP contribution in [0.3, 0.4) is 0 Å². The van der Waals surface area contributed by atoms with Crippen LogP contribution in [0.2, 0.25) is 0 Å².